The third-order valence-electron chi connectivity index (χ3n) is 2.49. The van der Waals surface area contributed by atoms with Crippen LogP contribution in [0, 0.1) is 0 Å². The van der Waals surface area contributed by atoms with E-state index in [9.17, 15) is 10.2 Å². The first kappa shape index (κ1) is 15.0. The Morgan fingerprint density at radius 3 is 1.40 bits per heavy atom. The van der Waals surface area contributed by atoms with E-state index in [0.717, 1.165) is 0 Å². The van der Waals surface area contributed by atoms with Gasteiger partial charge in [-0.1, -0.05) is 0 Å². The highest BCUT2D eigenvalue weighted by atomic mass is 27.1. The van der Waals surface area contributed by atoms with Gasteiger partial charge in [0.2, 0.25) is 65.2 Å². The van der Waals surface area contributed by atoms with E-state index in [0.29, 0.717) is 65.2 Å². The smallest absolute Gasteiger partial charge is 0.243 e. The topological polar surface area (TPSA) is 58.9 Å². The monoisotopic (exact) mass is 274 g/mol. The zero-order valence-electron chi connectivity index (χ0n) is 10.4. The first-order chi connectivity index (χ1) is 6.43. The Kier molecular flexibility index (Phi) is 4.58. The molecule has 0 aromatic heterocycles. The van der Waals surface area contributed by atoms with Crippen molar-refractivity contribution in [3.05, 3.63) is 0 Å². The second kappa shape index (κ2) is 4.57. The Bertz CT molecular complexity index is 220. The Morgan fingerprint density at radius 1 is 0.933 bits per heavy atom. The molecular weight excluding hydrogens is 256 g/mol. The average molecular weight is 274 g/mol. The van der Waals surface area contributed by atoms with E-state index in [1.807, 2.05) is 13.8 Å². The van der Waals surface area contributed by atoms with Gasteiger partial charge >= 0.3 is 0 Å². The summed E-state index contributed by atoms with van der Waals surface area (Å²) >= 11 is 2.61. The number of hydrogen-bond acceptors (Lipinski definition) is 4. The second-order valence-corrected chi connectivity index (χ2v) is 17.9. The zero-order chi connectivity index (χ0) is 12.1. The molecule has 0 radical (unpaired) electrons. The minimum atomic E-state index is -0.721. The van der Waals surface area contributed by atoms with Crippen LogP contribution in [0.3, 0.4) is 0 Å². The molecule has 0 spiro atoms. The van der Waals surface area contributed by atoms with Crippen molar-refractivity contribution in [2.45, 2.75) is 38.5 Å². The van der Waals surface area contributed by atoms with E-state index >= 15 is 0 Å². The maximum absolute atomic E-state index is 10.1. The first-order valence-corrected chi connectivity index (χ1v) is 9.24. The van der Waals surface area contributed by atoms with Crippen LogP contribution in [-0.2, 0) is 9.47 Å². The summed E-state index contributed by atoms with van der Waals surface area (Å²) in [5.41, 5.74) is 0. The maximum atomic E-state index is 10.1. The van der Waals surface area contributed by atoms with E-state index in [4.69, 9.17) is 9.47 Å². The summed E-state index contributed by atoms with van der Waals surface area (Å²) in [6, 6.07) is 0. The van der Waals surface area contributed by atoms with Gasteiger partial charge in [-0.05, 0) is 20.5 Å². The van der Waals surface area contributed by atoms with Crippen molar-refractivity contribution in [1.82, 2.24) is 0 Å². The SMILES string of the molecule is CC1(C)OC([C](O)([AlH2])[AlH2])C([C](O)([AlH2])[AlH2])O1. The fourth-order valence-corrected chi connectivity index (χ4v) is 3.47. The van der Waals surface area contributed by atoms with Crippen molar-refractivity contribution >= 4 is 65.2 Å². The van der Waals surface area contributed by atoms with Gasteiger partial charge < -0.3 is 19.7 Å². The fraction of sp³-hybridized carbons (Fsp3) is 1.00. The third-order valence-corrected chi connectivity index (χ3v) is 4.77. The Hall–Kier alpha value is 1.97. The molecule has 1 saturated heterocycles. The van der Waals surface area contributed by atoms with Crippen molar-refractivity contribution in [3.63, 3.8) is 0 Å². The molecule has 0 bridgehead atoms. The number of hydrogen-bond donors (Lipinski definition) is 2. The molecule has 1 heterocycles. The van der Waals surface area contributed by atoms with Crippen LogP contribution in [0.1, 0.15) is 13.8 Å². The highest BCUT2D eigenvalue weighted by Gasteiger charge is 2.51. The van der Waals surface area contributed by atoms with Crippen LogP contribution in [0.15, 0.2) is 0 Å². The maximum Gasteiger partial charge on any atom is 0.243 e. The molecule has 0 aromatic rings. The van der Waals surface area contributed by atoms with Crippen LogP contribution in [0.4, 0.5) is 0 Å². The minimum Gasteiger partial charge on any atom is -0.418 e. The largest absolute Gasteiger partial charge is 0.418 e. The number of rotatable bonds is 2. The highest BCUT2D eigenvalue weighted by molar-refractivity contribution is 6.41. The van der Waals surface area contributed by atoms with E-state index in [1.165, 1.54) is 0 Å². The van der Waals surface area contributed by atoms with Gasteiger partial charge in [-0.25, -0.2) is 0 Å². The van der Waals surface area contributed by atoms with Gasteiger partial charge in [-0.15, -0.1) is 0 Å². The molecule has 2 unspecified atom stereocenters. The molecule has 15 heavy (non-hydrogen) atoms. The van der Waals surface area contributed by atoms with Gasteiger partial charge in [0.15, 0.2) is 5.79 Å². The molecular formula is C7H18Al4O4. The lowest BCUT2D eigenvalue weighted by atomic mass is 10.2. The van der Waals surface area contributed by atoms with Gasteiger partial charge in [0.25, 0.3) is 0 Å². The summed E-state index contributed by atoms with van der Waals surface area (Å²) in [5, 5.41) is 20.2. The summed E-state index contributed by atoms with van der Waals surface area (Å²) in [7, 11) is 0. The highest BCUT2D eigenvalue weighted by Crippen LogP contribution is 2.35. The lowest BCUT2D eigenvalue weighted by Crippen LogP contribution is -2.58. The first-order valence-electron chi connectivity index (χ1n) is 5.24. The standard InChI is InChI=1S/C7H10O4.4Al.8H/c1-7(2)10-5(3-8)6(4-9)11-7;;;;;;;;;;;;/h5-6,8-9H,1-2H3;;;;;;;;;;;;. The Morgan fingerprint density at radius 2 is 1.20 bits per heavy atom. The van der Waals surface area contributed by atoms with Crippen molar-refractivity contribution < 1.29 is 19.7 Å². The molecule has 1 rings (SSSR count). The molecule has 4 nitrogen and oxygen atoms in total. The Balaban J connectivity index is 2.95. The zero-order valence-corrected chi connectivity index (χ0v) is 18.4. The molecule has 1 aliphatic heterocycles. The average Bonchev–Trinajstić information content (AvgIpc) is 2.23. The summed E-state index contributed by atoms with van der Waals surface area (Å²) in [6.07, 6.45) is -0.684. The molecule has 0 aromatic carbocycles. The molecule has 0 amide bonds. The third kappa shape index (κ3) is 3.98. The van der Waals surface area contributed by atoms with Gasteiger partial charge in [0, 0.05) is 0 Å². The molecule has 2 N–H and O–H groups in total. The van der Waals surface area contributed by atoms with Crippen LogP contribution in [-0.4, -0.2) is 100 Å². The predicted octanol–water partition coefficient (Wildman–Crippen LogP) is -4.67. The lowest BCUT2D eigenvalue weighted by molar-refractivity contribution is -0.158. The minimum absolute atomic E-state index is 0.342. The van der Waals surface area contributed by atoms with Gasteiger partial charge in [0.1, 0.15) is 0 Å². The van der Waals surface area contributed by atoms with Crippen LogP contribution >= 0.6 is 0 Å². The second-order valence-electron chi connectivity index (χ2n) is 5.78. The van der Waals surface area contributed by atoms with Crippen LogP contribution in [0.2, 0.25) is 0 Å². The van der Waals surface area contributed by atoms with Crippen molar-refractivity contribution in [2.24, 2.45) is 0 Å². The van der Waals surface area contributed by atoms with E-state index in [1.54, 1.807) is 0 Å². The van der Waals surface area contributed by atoms with Crippen LogP contribution in [0.5, 0.6) is 0 Å². The van der Waals surface area contributed by atoms with Crippen LogP contribution < -0.4 is 0 Å². The molecule has 2 atom stereocenters. The van der Waals surface area contributed by atoms with Gasteiger partial charge in [0.05, 0.1) is 12.2 Å². The van der Waals surface area contributed by atoms with E-state index in [-0.39, 0.29) is 12.2 Å². The van der Waals surface area contributed by atoms with E-state index in [2.05, 4.69) is 0 Å². The predicted molar refractivity (Wildman–Crippen MR) is 67.9 cm³/mol. The lowest BCUT2D eigenvalue weighted by Gasteiger charge is -2.35. The molecule has 0 aliphatic carbocycles. The quantitative estimate of drug-likeness (QED) is 0.497. The fourth-order valence-electron chi connectivity index (χ4n) is 1.79. The summed E-state index contributed by atoms with van der Waals surface area (Å²) in [6.45, 7) is 3.67. The van der Waals surface area contributed by atoms with Gasteiger partial charge in [-0.3, -0.25) is 0 Å². The molecule has 1 aliphatic rings. The van der Waals surface area contributed by atoms with Gasteiger partial charge in [-0.2, -0.15) is 0 Å². The molecule has 8 heteroatoms. The summed E-state index contributed by atoms with van der Waals surface area (Å²) in [4.78, 5) is 0. The van der Waals surface area contributed by atoms with Crippen molar-refractivity contribution in [3.8, 4) is 0 Å². The van der Waals surface area contributed by atoms with Crippen molar-refractivity contribution in [2.75, 3.05) is 0 Å². The molecule has 1 fully saturated rings. The summed E-state index contributed by atoms with van der Waals surface area (Å²) in [5.74, 6) is -0.680. The van der Waals surface area contributed by atoms with E-state index < -0.39 is 12.4 Å². The summed E-state index contributed by atoms with van der Waals surface area (Å²) < 4.78 is 10.0. The number of ether oxygens (including phenoxy) is 2. The molecule has 82 valence electrons. The number of aliphatic hydroxyl groups is 2. The normalized spacial score (nSPS) is 31.7. The van der Waals surface area contributed by atoms with Crippen LogP contribution in [0.25, 0.3) is 0 Å². The Labute approximate surface area is 122 Å². The van der Waals surface area contributed by atoms with Crippen molar-refractivity contribution in [1.29, 1.82) is 0 Å². The molecule has 0 saturated carbocycles.